The summed E-state index contributed by atoms with van der Waals surface area (Å²) < 4.78 is 1.94. The molecule has 1 aliphatic heterocycles. The molecule has 1 saturated carbocycles. The predicted octanol–water partition coefficient (Wildman–Crippen LogP) is 1.28. The molecular formula is C18H25N7O. The Labute approximate surface area is 153 Å². The maximum Gasteiger partial charge on any atom is 0.219 e. The number of hydrogen-bond donors (Lipinski definition) is 1. The zero-order valence-electron chi connectivity index (χ0n) is 15.1. The first-order valence-corrected chi connectivity index (χ1v) is 9.27. The minimum Gasteiger partial charge on any atom is -0.377 e. The lowest BCUT2D eigenvalue weighted by molar-refractivity contribution is -0.130. The van der Waals surface area contributed by atoms with E-state index in [1.54, 1.807) is 6.92 Å². The number of piperazine rings is 1. The molecule has 8 heteroatoms. The summed E-state index contributed by atoms with van der Waals surface area (Å²) in [5.41, 5.74) is 2.38. The molecule has 0 bridgehead atoms. The molecule has 0 atom stereocenters. The highest BCUT2D eigenvalue weighted by Crippen LogP contribution is 2.34. The van der Waals surface area contributed by atoms with Crippen LogP contribution in [0, 0.1) is 0 Å². The molecule has 2 heterocycles. The molecule has 1 amide bonds. The smallest absolute Gasteiger partial charge is 0.219 e. The number of rotatable bonds is 6. The number of anilines is 1. The van der Waals surface area contributed by atoms with Crippen LogP contribution in [0.1, 0.15) is 37.2 Å². The molecule has 138 valence electrons. The van der Waals surface area contributed by atoms with Crippen molar-refractivity contribution in [1.82, 2.24) is 30.0 Å². The highest BCUT2D eigenvalue weighted by atomic mass is 16.2. The van der Waals surface area contributed by atoms with Crippen molar-refractivity contribution in [3.63, 3.8) is 0 Å². The zero-order valence-corrected chi connectivity index (χ0v) is 15.1. The molecular weight excluding hydrogens is 330 g/mol. The Kier molecular flexibility index (Phi) is 4.83. The predicted molar refractivity (Wildman–Crippen MR) is 97.4 cm³/mol. The SMILES string of the molecule is CC(=O)N1CCN(Cc2ccccc2NCc2nnnn2C2CC2)CC1. The molecule has 2 aliphatic rings. The largest absolute Gasteiger partial charge is 0.377 e. The summed E-state index contributed by atoms with van der Waals surface area (Å²) in [5.74, 6) is 1.05. The van der Waals surface area contributed by atoms with Crippen LogP contribution in [-0.2, 0) is 17.9 Å². The van der Waals surface area contributed by atoms with Gasteiger partial charge in [0.15, 0.2) is 5.82 Å². The van der Waals surface area contributed by atoms with Crippen molar-refractivity contribution in [2.45, 2.75) is 38.9 Å². The molecule has 1 aromatic carbocycles. The highest BCUT2D eigenvalue weighted by Gasteiger charge is 2.27. The van der Waals surface area contributed by atoms with Crippen LogP contribution >= 0.6 is 0 Å². The third-order valence-corrected chi connectivity index (χ3v) is 5.12. The van der Waals surface area contributed by atoms with Gasteiger partial charge in [-0.25, -0.2) is 4.68 Å². The molecule has 2 aromatic rings. The second-order valence-electron chi connectivity index (χ2n) is 7.06. The van der Waals surface area contributed by atoms with Gasteiger partial charge in [0, 0.05) is 45.3 Å². The van der Waals surface area contributed by atoms with E-state index in [4.69, 9.17) is 0 Å². The maximum absolute atomic E-state index is 11.5. The van der Waals surface area contributed by atoms with Gasteiger partial charge in [0.05, 0.1) is 12.6 Å². The van der Waals surface area contributed by atoms with Crippen molar-refractivity contribution in [3.8, 4) is 0 Å². The molecule has 8 nitrogen and oxygen atoms in total. The van der Waals surface area contributed by atoms with E-state index in [9.17, 15) is 4.79 Å². The average molecular weight is 355 g/mol. The standard InChI is InChI=1S/C18H25N7O/c1-14(26)24-10-8-23(9-11-24)13-15-4-2-3-5-17(15)19-12-18-20-21-22-25(18)16-6-7-16/h2-5,16,19H,6-13H2,1H3. The first-order valence-electron chi connectivity index (χ1n) is 9.27. The molecule has 0 unspecified atom stereocenters. The van der Waals surface area contributed by atoms with E-state index in [0.29, 0.717) is 12.6 Å². The van der Waals surface area contributed by atoms with Crippen molar-refractivity contribution in [2.24, 2.45) is 0 Å². The van der Waals surface area contributed by atoms with Gasteiger partial charge in [-0.1, -0.05) is 18.2 Å². The maximum atomic E-state index is 11.5. The van der Waals surface area contributed by atoms with Gasteiger partial charge >= 0.3 is 0 Å². The summed E-state index contributed by atoms with van der Waals surface area (Å²) >= 11 is 0. The summed E-state index contributed by atoms with van der Waals surface area (Å²) in [7, 11) is 0. The normalized spacial score (nSPS) is 18.1. The monoisotopic (exact) mass is 355 g/mol. The van der Waals surface area contributed by atoms with Gasteiger partial charge in [-0.05, 0) is 34.9 Å². The number of nitrogens with one attached hydrogen (secondary N) is 1. The van der Waals surface area contributed by atoms with Crippen molar-refractivity contribution in [1.29, 1.82) is 0 Å². The summed E-state index contributed by atoms with van der Waals surface area (Å²) in [6.07, 6.45) is 2.34. The van der Waals surface area contributed by atoms with Crippen LogP contribution in [0.15, 0.2) is 24.3 Å². The number of nitrogens with zero attached hydrogens (tertiary/aromatic N) is 6. The number of carbonyl (C=O) groups is 1. The number of aromatic nitrogens is 4. The number of carbonyl (C=O) groups excluding carboxylic acids is 1. The van der Waals surface area contributed by atoms with Gasteiger partial charge < -0.3 is 10.2 Å². The van der Waals surface area contributed by atoms with Crippen molar-refractivity contribution >= 4 is 11.6 Å². The lowest BCUT2D eigenvalue weighted by Crippen LogP contribution is -2.47. The van der Waals surface area contributed by atoms with Crippen molar-refractivity contribution < 1.29 is 4.79 Å². The van der Waals surface area contributed by atoms with E-state index in [0.717, 1.165) is 44.2 Å². The Balaban J connectivity index is 1.37. The van der Waals surface area contributed by atoms with E-state index in [1.165, 1.54) is 18.4 Å². The van der Waals surface area contributed by atoms with Crippen LogP contribution in [0.25, 0.3) is 0 Å². The number of hydrogen-bond acceptors (Lipinski definition) is 6. The summed E-state index contributed by atoms with van der Waals surface area (Å²) in [5, 5.41) is 15.6. The van der Waals surface area contributed by atoms with Gasteiger partial charge in [0.25, 0.3) is 0 Å². The molecule has 1 N–H and O–H groups in total. The minimum absolute atomic E-state index is 0.167. The lowest BCUT2D eigenvalue weighted by atomic mass is 10.1. The fourth-order valence-electron chi connectivity index (χ4n) is 3.40. The Morgan fingerprint density at radius 3 is 2.69 bits per heavy atom. The Bertz CT molecular complexity index is 762. The second-order valence-corrected chi connectivity index (χ2v) is 7.06. The number of tetrazole rings is 1. The zero-order chi connectivity index (χ0) is 17.9. The quantitative estimate of drug-likeness (QED) is 0.841. The highest BCUT2D eigenvalue weighted by molar-refractivity contribution is 5.73. The van der Waals surface area contributed by atoms with Crippen molar-refractivity contribution in [2.75, 3.05) is 31.5 Å². The Morgan fingerprint density at radius 2 is 1.96 bits per heavy atom. The Hall–Kier alpha value is -2.48. The summed E-state index contributed by atoms with van der Waals surface area (Å²) in [4.78, 5) is 15.8. The Morgan fingerprint density at radius 1 is 1.19 bits per heavy atom. The number of benzene rings is 1. The van der Waals surface area contributed by atoms with Crippen LogP contribution in [0.4, 0.5) is 5.69 Å². The molecule has 1 saturated heterocycles. The fraction of sp³-hybridized carbons (Fsp3) is 0.556. The van der Waals surface area contributed by atoms with E-state index >= 15 is 0 Å². The lowest BCUT2D eigenvalue weighted by Gasteiger charge is -2.34. The van der Waals surface area contributed by atoms with E-state index in [1.807, 2.05) is 15.6 Å². The third kappa shape index (κ3) is 3.85. The molecule has 2 fully saturated rings. The summed E-state index contributed by atoms with van der Waals surface area (Å²) in [6, 6.07) is 8.86. The summed E-state index contributed by atoms with van der Waals surface area (Å²) in [6.45, 7) is 6.58. The molecule has 26 heavy (non-hydrogen) atoms. The second kappa shape index (κ2) is 7.41. The van der Waals surface area contributed by atoms with E-state index < -0.39 is 0 Å². The van der Waals surface area contributed by atoms with E-state index in [2.05, 4.69) is 43.9 Å². The first kappa shape index (κ1) is 17.0. The number of amides is 1. The minimum atomic E-state index is 0.167. The van der Waals surface area contributed by atoms with Crippen LogP contribution in [0.2, 0.25) is 0 Å². The fourth-order valence-corrected chi connectivity index (χ4v) is 3.40. The molecule has 4 rings (SSSR count). The van der Waals surface area contributed by atoms with Crippen LogP contribution in [0.3, 0.4) is 0 Å². The van der Waals surface area contributed by atoms with Gasteiger partial charge in [-0.3, -0.25) is 9.69 Å². The topological polar surface area (TPSA) is 79.2 Å². The van der Waals surface area contributed by atoms with Gasteiger partial charge in [0.1, 0.15) is 0 Å². The third-order valence-electron chi connectivity index (χ3n) is 5.12. The van der Waals surface area contributed by atoms with Gasteiger partial charge in [0.2, 0.25) is 5.91 Å². The van der Waals surface area contributed by atoms with E-state index in [-0.39, 0.29) is 5.91 Å². The van der Waals surface area contributed by atoms with Crippen LogP contribution in [-0.4, -0.2) is 62.1 Å². The molecule has 1 aromatic heterocycles. The van der Waals surface area contributed by atoms with Crippen LogP contribution < -0.4 is 5.32 Å². The average Bonchev–Trinajstić information content (AvgIpc) is 3.39. The first-order chi connectivity index (χ1) is 12.7. The molecule has 1 aliphatic carbocycles. The van der Waals surface area contributed by atoms with Crippen LogP contribution in [0.5, 0.6) is 0 Å². The van der Waals surface area contributed by atoms with Crippen molar-refractivity contribution in [3.05, 3.63) is 35.7 Å². The van der Waals surface area contributed by atoms with Gasteiger partial charge in [-0.15, -0.1) is 5.10 Å². The van der Waals surface area contributed by atoms with Gasteiger partial charge in [-0.2, -0.15) is 0 Å². The molecule has 0 radical (unpaired) electrons. The molecule has 0 spiro atoms. The number of para-hydroxylation sites is 1.